The first-order chi connectivity index (χ1) is 13.8. The van der Waals surface area contributed by atoms with E-state index in [-0.39, 0.29) is 34.1 Å². The van der Waals surface area contributed by atoms with Crippen molar-refractivity contribution in [2.45, 2.75) is 6.92 Å². The standard InChI is InChI=1S/C19H15N3O7/c1-11-3-6-14(16(9-11)22(26)27)20-19(23)18-8-7-17(29-18)13-5-4-12(28-2)10-15(13)21(24)25/h3-10H,1-2H3,(H,20,23). The quantitative estimate of drug-likeness (QED) is 0.482. The normalized spacial score (nSPS) is 10.4. The van der Waals surface area contributed by atoms with Gasteiger partial charge in [0.1, 0.15) is 17.2 Å². The molecule has 1 amide bonds. The van der Waals surface area contributed by atoms with Gasteiger partial charge in [0.05, 0.1) is 28.6 Å². The van der Waals surface area contributed by atoms with Crippen LogP contribution in [-0.4, -0.2) is 22.9 Å². The van der Waals surface area contributed by atoms with Crippen LogP contribution in [0.3, 0.4) is 0 Å². The number of nitrogens with zero attached hydrogens (tertiary/aromatic N) is 2. The summed E-state index contributed by atoms with van der Waals surface area (Å²) in [5, 5.41) is 25.0. The number of aryl methyl sites for hydroxylation is 1. The third kappa shape index (κ3) is 4.05. The SMILES string of the molecule is COc1ccc(-c2ccc(C(=O)Nc3ccc(C)cc3[N+](=O)[O-])o2)c([N+](=O)[O-])c1. The van der Waals surface area contributed by atoms with E-state index in [1.54, 1.807) is 13.0 Å². The Kier molecular flexibility index (Phi) is 5.26. The van der Waals surface area contributed by atoms with Gasteiger partial charge in [-0.3, -0.25) is 25.0 Å². The van der Waals surface area contributed by atoms with E-state index < -0.39 is 15.8 Å². The number of nitro groups is 2. The van der Waals surface area contributed by atoms with Crippen molar-refractivity contribution in [1.82, 2.24) is 0 Å². The van der Waals surface area contributed by atoms with E-state index >= 15 is 0 Å². The second-order valence-electron chi connectivity index (χ2n) is 6.04. The van der Waals surface area contributed by atoms with E-state index in [0.29, 0.717) is 11.3 Å². The van der Waals surface area contributed by atoms with Crippen LogP contribution in [0.5, 0.6) is 5.75 Å². The van der Waals surface area contributed by atoms with Gasteiger partial charge in [0.2, 0.25) is 0 Å². The molecule has 0 fully saturated rings. The minimum absolute atomic E-state index is 0.0129. The maximum Gasteiger partial charge on any atom is 0.293 e. The van der Waals surface area contributed by atoms with Gasteiger partial charge in [0.15, 0.2) is 5.76 Å². The predicted octanol–water partition coefficient (Wildman–Crippen LogP) is 4.33. The molecule has 0 bridgehead atoms. The molecule has 1 aromatic heterocycles. The molecule has 0 saturated heterocycles. The maximum atomic E-state index is 12.5. The van der Waals surface area contributed by atoms with Crippen LogP contribution < -0.4 is 10.1 Å². The molecule has 29 heavy (non-hydrogen) atoms. The van der Waals surface area contributed by atoms with E-state index in [9.17, 15) is 25.0 Å². The average Bonchev–Trinajstić information content (AvgIpc) is 3.18. The van der Waals surface area contributed by atoms with Crippen LogP contribution in [0.2, 0.25) is 0 Å². The number of carbonyl (C=O) groups excluding carboxylic acids is 1. The Morgan fingerprint density at radius 3 is 2.38 bits per heavy atom. The number of anilines is 1. The fourth-order valence-electron chi connectivity index (χ4n) is 2.68. The van der Waals surface area contributed by atoms with Gasteiger partial charge in [-0.05, 0) is 42.8 Å². The van der Waals surface area contributed by atoms with Gasteiger partial charge in [0.25, 0.3) is 17.3 Å². The first-order valence-corrected chi connectivity index (χ1v) is 8.29. The van der Waals surface area contributed by atoms with Crippen molar-refractivity contribution in [3.05, 3.63) is 80.1 Å². The van der Waals surface area contributed by atoms with Crippen molar-refractivity contribution >= 4 is 23.0 Å². The average molecular weight is 397 g/mol. The molecule has 0 aliphatic carbocycles. The van der Waals surface area contributed by atoms with Gasteiger partial charge in [-0.2, -0.15) is 0 Å². The molecule has 0 aliphatic rings. The molecule has 0 atom stereocenters. The van der Waals surface area contributed by atoms with Crippen LogP contribution in [0.4, 0.5) is 17.1 Å². The highest BCUT2D eigenvalue weighted by Gasteiger charge is 2.22. The minimum atomic E-state index is -0.723. The zero-order chi connectivity index (χ0) is 21.1. The molecule has 2 aromatic carbocycles. The summed E-state index contributed by atoms with van der Waals surface area (Å²) in [7, 11) is 1.39. The summed E-state index contributed by atoms with van der Waals surface area (Å²) < 4.78 is 10.5. The Bertz CT molecular complexity index is 1120. The Labute approximate surface area is 164 Å². The topological polar surface area (TPSA) is 138 Å². The number of amides is 1. The molecule has 0 aliphatic heterocycles. The first-order valence-electron chi connectivity index (χ1n) is 8.29. The van der Waals surface area contributed by atoms with Crippen molar-refractivity contribution in [3.8, 4) is 17.1 Å². The molecular formula is C19H15N3O7. The molecule has 10 nitrogen and oxygen atoms in total. The van der Waals surface area contributed by atoms with Gasteiger partial charge in [-0.1, -0.05) is 6.07 Å². The Morgan fingerprint density at radius 2 is 1.72 bits per heavy atom. The van der Waals surface area contributed by atoms with Crippen LogP contribution in [-0.2, 0) is 0 Å². The number of hydrogen-bond acceptors (Lipinski definition) is 7. The molecule has 0 saturated carbocycles. The van der Waals surface area contributed by atoms with Crippen molar-refractivity contribution in [2.24, 2.45) is 0 Å². The third-order valence-corrected chi connectivity index (χ3v) is 4.09. The second-order valence-corrected chi connectivity index (χ2v) is 6.04. The van der Waals surface area contributed by atoms with Gasteiger partial charge in [-0.25, -0.2) is 0 Å². The lowest BCUT2D eigenvalue weighted by Crippen LogP contribution is -2.12. The number of carbonyl (C=O) groups is 1. The van der Waals surface area contributed by atoms with E-state index in [0.717, 1.165) is 0 Å². The zero-order valence-corrected chi connectivity index (χ0v) is 15.4. The number of nitro benzene ring substituents is 2. The van der Waals surface area contributed by atoms with E-state index in [1.165, 1.54) is 49.6 Å². The monoisotopic (exact) mass is 397 g/mol. The minimum Gasteiger partial charge on any atom is -0.497 e. The smallest absolute Gasteiger partial charge is 0.293 e. The number of methoxy groups -OCH3 is 1. The highest BCUT2D eigenvalue weighted by molar-refractivity contribution is 6.04. The molecule has 1 heterocycles. The number of ether oxygens (including phenoxy) is 1. The maximum absolute atomic E-state index is 12.5. The van der Waals surface area contributed by atoms with Crippen LogP contribution >= 0.6 is 0 Å². The molecule has 0 radical (unpaired) electrons. The summed E-state index contributed by atoms with van der Waals surface area (Å²) in [6.45, 7) is 1.69. The van der Waals surface area contributed by atoms with Crippen molar-refractivity contribution in [1.29, 1.82) is 0 Å². The number of nitrogens with one attached hydrogen (secondary N) is 1. The molecule has 0 spiro atoms. The molecule has 148 valence electrons. The second kappa shape index (κ2) is 7.80. The van der Waals surface area contributed by atoms with Crippen LogP contribution in [0.25, 0.3) is 11.3 Å². The molecule has 10 heteroatoms. The number of furan rings is 1. The highest BCUT2D eigenvalue weighted by atomic mass is 16.6. The summed E-state index contributed by atoms with van der Waals surface area (Å²) in [5.41, 5.74) is 0.340. The Hall–Kier alpha value is -4.21. The first kappa shape index (κ1) is 19.5. The lowest BCUT2D eigenvalue weighted by molar-refractivity contribution is -0.384. The fraction of sp³-hybridized carbons (Fsp3) is 0.105. The molecule has 1 N–H and O–H groups in total. The molecular weight excluding hydrogens is 382 g/mol. The largest absolute Gasteiger partial charge is 0.497 e. The third-order valence-electron chi connectivity index (χ3n) is 4.09. The summed E-state index contributed by atoms with van der Waals surface area (Å²) in [4.78, 5) is 33.8. The van der Waals surface area contributed by atoms with Crippen molar-refractivity contribution in [3.63, 3.8) is 0 Å². The summed E-state index contributed by atoms with van der Waals surface area (Å²) in [6.07, 6.45) is 0. The number of benzene rings is 2. The summed E-state index contributed by atoms with van der Waals surface area (Å²) in [6, 6.07) is 11.3. The highest BCUT2D eigenvalue weighted by Crippen LogP contribution is 2.34. The fourth-order valence-corrected chi connectivity index (χ4v) is 2.68. The van der Waals surface area contributed by atoms with Crippen LogP contribution in [0.1, 0.15) is 16.1 Å². The van der Waals surface area contributed by atoms with Crippen molar-refractivity contribution < 1.29 is 23.8 Å². The van der Waals surface area contributed by atoms with Gasteiger partial charge >= 0.3 is 0 Å². The van der Waals surface area contributed by atoms with Crippen LogP contribution in [0, 0.1) is 27.2 Å². The van der Waals surface area contributed by atoms with Crippen LogP contribution in [0.15, 0.2) is 52.9 Å². The van der Waals surface area contributed by atoms with Crippen molar-refractivity contribution in [2.75, 3.05) is 12.4 Å². The lowest BCUT2D eigenvalue weighted by Gasteiger charge is -2.05. The van der Waals surface area contributed by atoms with E-state index in [4.69, 9.17) is 9.15 Å². The Balaban J connectivity index is 1.91. The summed E-state index contributed by atoms with van der Waals surface area (Å²) >= 11 is 0. The molecule has 3 aromatic rings. The summed E-state index contributed by atoms with van der Waals surface area (Å²) in [5.74, 6) is -0.473. The van der Waals surface area contributed by atoms with Gasteiger partial charge in [-0.15, -0.1) is 0 Å². The van der Waals surface area contributed by atoms with E-state index in [1.807, 2.05) is 0 Å². The predicted molar refractivity (Wildman–Crippen MR) is 103 cm³/mol. The van der Waals surface area contributed by atoms with E-state index in [2.05, 4.69) is 5.32 Å². The van der Waals surface area contributed by atoms with Gasteiger partial charge in [0, 0.05) is 6.07 Å². The number of hydrogen-bond donors (Lipinski definition) is 1. The lowest BCUT2D eigenvalue weighted by atomic mass is 10.1. The Morgan fingerprint density at radius 1 is 1.00 bits per heavy atom. The molecule has 3 rings (SSSR count). The zero-order valence-electron chi connectivity index (χ0n) is 15.4. The molecule has 0 unspecified atom stereocenters. The number of rotatable bonds is 6. The van der Waals surface area contributed by atoms with Gasteiger partial charge < -0.3 is 14.5 Å².